The zero-order valence-electron chi connectivity index (χ0n) is 9.43. The Hall–Kier alpha value is -1.91. The topological polar surface area (TPSA) is 62.3 Å². The summed E-state index contributed by atoms with van der Waals surface area (Å²) in [6, 6.07) is 3.38. The largest absolute Gasteiger partial charge is 0.355 e. The van der Waals surface area contributed by atoms with Crippen LogP contribution in [-0.2, 0) is 4.79 Å². The van der Waals surface area contributed by atoms with Gasteiger partial charge in [0.15, 0.2) is 6.29 Å². The Morgan fingerprint density at radius 2 is 2.31 bits per heavy atom. The fourth-order valence-corrected chi connectivity index (χ4v) is 1.24. The van der Waals surface area contributed by atoms with Crippen LogP contribution in [0.2, 0.25) is 0 Å². The number of nitrogens with zero attached hydrogens (tertiary/aromatic N) is 2. The van der Waals surface area contributed by atoms with Crippen molar-refractivity contribution < 1.29 is 9.59 Å². The van der Waals surface area contributed by atoms with Gasteiger partial charge in [-0.2, -0.15) is 0 Å². The monoisotopic (exact) mass is 221 g/mol. The first-order valence-electron chi connectivity index (χ1n) is 5.06. The molecule has 86 valence electrons. The summed E-state index contributed by atoms with van der Waals surface area (Å²) in [5.41, 5.74) is 0.523. The van der Waals surface area contributed by atoms with Gasteiger partial charge >= 0.3 is 0 Å². The van der Waals surface area contributed by atoms with E-state index in [2.05, 4.69) is 10.3 Å². The predicted octanol–water partition coefficient (Wildman–Crippen LogP) is 0.466. The normalized spacial score (nSPS) is 9.62. The van der Waals surface area contributed by atoms with E-state index in [9.17, 15) is 9.59 Å². The Labute approximate surface area is 94.5 Å². The van der Waals surface area contributed by atoms with E-state index in [1.54, 1.807) is 24.1 Å². The highest BCUT2D eigenvalue weighted by molar-refractivity contribution is 5.81. The number of anilines is 1. The molecule has 0 aromatic carbocycles. The van der Waals surface area contributed by atoms with E-state index in [0.717, 1.165) is 6.29 Å². The van der Waals surface area contributed by atoms with Crippen LogP contribution < -0.4 is 10.2 Å². The molecule has 1 amide bonds. The van der Waals surface area contributed by atoms with Crippen LogP contribution >= 0.6 is 0 Å². The molecular formula is C11H15N3O2. The minimum absolute atomic E-state index is 0.0498. The third kappa shape index (κ3) is 3.34. The number of aromatic nitrogens is 1. The first-order chi connectivity index (χ1) is 7.67. The summed E-state index contributed by atoms with van der Waals surface area (Å²) in [7, 11) is 1.78. The molecule has 1 aromatic heterocycles. The van der Waals surface area contributed by atoms with Crippen molar-refractivity contribution in [2.45, 2.75) is 6.92 Å². The van der Waals surface area contributed by atoms with Gasteiger partial charge in [-0.1, -0.05) is 0 Å². The molecule has 1 rings (SSSR count). The number of hydrogen-bond acceptors (Lipinski definition) is 4. The molecule has 0 saturated heterocycles. The molecule has 0 radical (unpaired) electrons. The van der Waals surface area contributed by atoms with Crippen LogP contribution in [0, 0.1) is 0 Å². The molecule has 1 aromatic rings. The molecule has 0 bridgehead atoms. The standard InChI is InChI=1S/C11H15N3O2/c1-3-12-11(16)7-14(2)10-5-4-9(8-15)6-13-10/h4-6,8H,3,7H2,1-2H3,(H,12,16). The number of carbonyl (C=O) groups is 2. The fraction of sp³-hybridized carbons (Fsp3) is 0.364. The fourth-order valence-electron chi connectivity index (χ4n) is 1.24. The van der Waals surface area contributed by atoms with Crippen LogP contribution in [0.5, 0.6) is 0 Å². The average molecular weight is 221 g/mol. The maximum atomic E-state index is 11.3. The van der Waals surface area contributed by atoms with Gasteiger partial charge in [-0.05, 0) is 19.1 Å². The summed E-state index contributed by atoms with van der Waals surface area (Å²) in [6.07, 6.45) is 2.22. The second-order valence-corrected chi connectivity index (χ2v) is 3.38. The molecule has 0 unspecified atom stereocenters. The lowest BCUT2D eigenvalue weighted by molar-refractivity contribution is -0.119. The zero-order chi connectivity index (χ0) is 12.0. The molecule has 0 saturated carbocycles. The number of nitrogens with one attached hydrogen (secondary N) is 1. The Kier molecular flexibility index (Phi) is 4.44. The van der Waals surface area contributed by atoms with Gasteiger partial charge in [0.1, 0.15) is 5.82 Å². The smallest absolute Gasteiger partial charge is 0.239 e. The predicted molar refractivity (Wildman–Crippen MR) is 61.6 cm³/mol. The molecule has 0 atom stereocenters. The molecule has 0 fully saturated rings. The summed E-state index contributed by atoms with van der Waals surface area (Å²) in [6.45, 7) is 2.74. The summed E-state index contributed by atoms with van der Waals surface area (Å²) < 4.78 is 0. The highest BCUT2D eigenvalue weighted by atomic mass is 16.2. The van der Waals surface area contributed by atoms with Gasteiger partial charge in [-0.25, -0.2) is 4.98 Å². The molecule has 0 spiro atoms. The lowest BCUT2D eigenvalue weighted by Crippen LogP contribution is -2.35. The van der Waals surface area contributed by atoms with Gasteiger partial charge in [-0.3, -0.25) is 9.59 Å². The Balaban J connectivity index is 2.61. The minimum atomic E-state index is -0.0498. The number of rotatable bonds is 5. The van der Waals surface area contributed by atoms with E-state index in [-0.39, 0.29) is 12.5 Å². The van der Waals surface area contributed by atoms with Crippen molar-refractivity contribution in [1.82, 2.24) is 10.3 Å². The number of carbonyl (C=O) groups excluding carboxylic acids is 2. The van der Waals surface area contributed by atoms with Crippen LogP contribution in [0.4, 0.5) is 5.82 Å². The summed E-state index contributed by atoms with van der Waals surface area (Å²) in [5, 5.41) is 2.70. The van der Waals surface area contributed by atoms with E-state index in [1.807, 2.05) is 6.92 Å². The molecule has 5 nitrogen and oxygen atoms in total. The van der Waals surface area contributed by atoms with Gasteiger partial charge in [0, 0.05) is 25.4 Å². The number of pyridine rings is 1. The summed E-state index contributed by atoms with van der Waals surface area (Å²) >= 11 is 0. The second kappa shape index (κ2) is 5.85. The second-order valence-electron chi connectivity index (χ2n) is 3.38. The zero-order valence-corrected chi connectivity index (χ0v) is 9.43. The third-order valence-corrected chi connectivity index (χ3v) is 2.05. The molecule has 5 heteroatoms. The number of amides is 1. The molecule has 0 aliphatic carbocycles. The maximum Gasteiger partial charge on any atom is 0.239 e. The molecular weight excluding hydrogens is 206 g/mol. The molecule has 0 aliphatic heterocycles. The van der Waals surface area contributed by atoms with Crippen molar-refractivity contribution in [3.8, 4) is 0 Å². The highest BCUT2D eigenvalue weighted by Gasteiger charge is 2.07. The molecule has 1 heterocycles. The summed E-state index contributed by atoms with van der Waals surface area (Å²) in [4.78, 5) is 27.5. The average Bonchev–Trinajstić information content (AvgIpc) is 2.29. The van der Waals surface area contributed by atoms with Crippen molar-refractivity contribution in [2.75, 3.05) is 25.0 Å². The quantitative estimate of drug-likeness (QED) is 0.734. The SMILES string of the molecule is CCNC(=O)CN(C)c1ccc(C=O)cn1. The van der Waals surface area contributed by atoms with Crippen LogP contribution in [0.15, 0.2) is 18.3 Å². The Morgan fingerprint density at radius 1 is 1.56 bits per heavy atom. The number of hydrogen-bond donors (Lipinski definition) is 1. The van der Waals surface area contributed by atoms with Crippen molar-refractivity contribution in [3.05, 3.63) is 23.9 Å². The van der Waals surface area contributed by atoms with Crippen molar-refractivity contribution in [3.63, 3.8) is 0 Å². The van der Waals surface area contributed by atoms with E-state index in [1.165, 1.54) is 6.20 Å². The maximum absolute atomic E-state index is 11.3. The van der Waals surface area contributed by atoms with Gasteiger partial charge in [0.05, 0.1) is 6.54 Å². The lowest BCUT2D eigenvalue weighted by Gasteiger charge is -2.17. The van der Waals surface area contributed by atoms with E-state index < -0.39 is 0 Å². The van der Waals surface area contributed by atoms with E-state index in [0.29, 0.717) is 17.9 Å². The molecule has 16 heavy (non-hydrogen) atoms. The van der Waals surface area contributed by atoms with Crippen molar-refractivity contribution in [1.29, 1.82) is 0 Å². The van der Waals surface area contributed by atoms with Crippen molar-refractivity contribution in [2.24, 2.45) is 0 Å². The van der Waals surface area contributed by atoms with Gasteiger partial charge in [0.2, 0.25) is 5.91 Å². The van der Waals surface area contributed by atoms with E-state index in [4.69, 9.17) is 0 Å². The van der Waals surface area contributed by atoms with Gasteiger partial charge in [0.25, 0.3) is 0 Å². The molecule has 0 aliphatic rings. The molecule has 1 N–H and O–H groups in total. The van der Waals surface area contributed by atoms with Crippen LogP contribution in [-0.4, -0.2) is 37.3 Å². The van der Waals surface area contributed by atoms with Crippen LogP contribution in [0.3, 0.4) is 0 Å². The third-order valence-electron chi connectivity index (χ3n) is 2.05. The Morgan fingerprint density at radius 3 is 2.81 bits per heavy atom. The number of likely N-dealkylation sites (N-methyl/N-ethyl adjacent to an activating group) is 2. The minimum Gasteiger partial charge on any atom is -0.355 e. The Bertz CT molecular complexity index is 362. The van der Waals surface area contributed by atoms with Gasteiger partial charge < -0.3 is 10.2 Å². The lowest BCUT2D eigenvalue weighted by atomic mass is 10.3. The van der Waals surface area contributed by atoms with Crippen LogP contribution in [0.1, 0.15) is 17.3 Å². The summed E-state index contributed by atoms with van der Waals surface area (Å²) in [5.74, 6) is 0.614. The first kappa shape index (κ1) is 12.2. The first-order valence-corrected chi connectivity index (χ1v) is 5.06. The van der Waals surface area contributed by atoms with Crippen LogP contribution in [0.25, 0.3) is 0 Å². The number of aldehydes is 1. The van der Waals surface area contributed by atoms with Gasteiger partial charge in [-0.15, -0.1) is 0 Å². The highest BCUT2D eigenvalue weighted by Crippen LogP contribution is 2.07. The van der Waals surface area contributed by atoms with Crippen molar-refractivity contribution >= 4 is 18.0 Å². The van der Waals surface area contributed by atoms with E-state index >= 15 is 0 Å².